The molecular formula is C30H22BNO2. The van der Waals surface area contributed by atoms with Crippen LogP contribution in [0.5, 0.6) is 0 Å². The molecule has 2 N–H and O–H groups in total. The van der Waals surface area contributed by atoms with E-state index in [0.717, 1.165) is 44.4 Å². The maximum Gasteiger partial charge on any atom is 0.489 e. The highest BCUT2D eigenvalue weighted by molar-refractivity contribution is 6.60. The predicted octanol–water partition coefficient (Wildman–Crippen LogP) is 5.80. The number of nitrogens with zero attached hydrogens (tertiary/aromatic N) is 1. The Morgan fingerprint density at radius 2 is 1.12 bits per heavy atom. The molecule has 1 aromatic heterocycles. The van der Waals surface area contributed by atoms with Crippen molar-refractivity contribution < 1.29 is 10.0 Å². The van der Waals surface area contributed by atoms with Gasteiger partial charge in [0.2, 0.25) is 0 Å². The fourth-order valence-corrected chi connectivity index (χ4v) is 4.84. The van der Waals surface area contributed by atoms with Crippen molar-refractivity contribution in [3.63, 3.8) is 0 Å². The second kappa shape index (κ2) is 8.34. The molecule has 0 aliphatic rings. The first-order chi connectivity index (χ1) is 16.7. The summed E-state index contributed by atoms with van der Waals surface area (Å²) in [6.45, 7) is 0. The third-order valence-corrected chi connectivity index (χ3v) is 6.43. The van der Waals surface area contributed by atoms with Crippen molar-refractivity contribution in [3.8, 4) is 27.9 Å². The predicted molar refractivity (Wildman–Crippen MR) is 141 cm³/mol. The van der Waals surface area contributed by atoms with Crippen molar-refractivity contribution >= 4 is 34.4 Å². The minimum absolute atomic E-state index is 0.496. The molecule has 5 aromatic carbocycles. The second-order valence-electron chi connectivity index (χ2n) is 8.46. The summed E-state index contributed by atoms with van der Waals surface area (Å²) >= 11 is 0. The number of aromatic nitrogens is 1. The molecule has 4 heteroatoms. The van der Waals surface area contributed by atoms with Crippen molar-refractivity contribution in [2.75, 3.05) is 0 Å². The van der Waals surface area contributed by atoms with Crippen LogP contribution < -0.4 is 5.46 Å². The molecular weight excluding hydrogens is 417 g/mol. The fourth-order valence-electron chi connectivity index (χ4n) is 4.84. The van der Waals surface area contributed by atoms with Crippen molar-refractivity contribution in [1.29, 1.82) is 0 Å². The third kappa shape index (κ3) is 3.41. The van der Waals surface area contributed by atoms with E-state index >= 15 is 0 Å². The molecule has 0 amide bonds. The molecule has 6 rings (SSSR count). The van der Waals surface area contributed by atoms with Crippen LogP contribution in [0.2, 0.25) is 0 Å². The van der Waals surface area contributed by atoms with E-state index in [0.29, 0.717) is 5.46 Å². The van der Waals surface area contributed by atoms with Crippen molar-refractivity contribution in [1.82, 2.24) is 4.57 Å². The lowest BCUT2D eigenvalue weighted by molar-refractivity contribution is 0.426. The number of benzene rings is 5. The van der Waals surface area contributed by atoms with E-state index in [-0.39, 0.29) is 0 Å². The van der Waals surface area contributed by atoms with Crippen molar-refractivity contribution in [2.24, 2.45) is 0 Å². The van der Waals surface area contributed by atoms with Gasteiger partial charge in [0.05, 0.1) is 11.0 Å². The molecule has 3 nitrogen and oxygen atoms in total. The Labute approximate surface area is 198 Å². The highest BCUT2D eigenvalue weighted by Crippen LogP contribution is 2.35. The molecule has 0 spiro atoms. The summed E-state index contributed by atoms with van der Waals surface area (Å²) in [5, 5.41) is 22.6. The van der Waals surface area contributed by atoms with E-state index in [1.807, 2.05) is 54.6 Å². The zero-order valence-corrected chi connectivity index (χ0v) is 18.5. The van der Waals surface area contributed by atoms with Crippen LogP contribution in [0.1, 0.15) is 0 Å². The smallest absolute Gasteiger partial charge is 0.423 e. The molecule has 0 aliphatic heterocycles. The van der Waals surface area contributed by atoms with Crippen LogP contribution in [-0.2, 0) is 0 Å². The van der Waals surface area contributed by atoms with Crippen LogP contribution in [-0.4, -0.2) is 21.7 Å². The molecule has 6 aromatic rings. The van der Waals surface area contributed by atoms with Crippen LogP contribution in [0, 0.1) is 0 Å². The number of hydrogen-bond acceptors (Lipinski definition) is 2. The average Bonchev–Trinajstić information content (AvgIpc) is 3.23. The monoisotopic (exact) mass is 439 g/mol. The summed E-state index contributed by atoms with van der Waals surface area (Å²) in [5.74, 6) is 0. The highest BCUT2D eigenvalue weighted by atomic mass is 16.4. The van der Waals surface area contributed by atoms with Gasteiger partial charge in [-0.3, -0.25) is 0 Å². The zero-order valence-electron chi connectivity index (χ0n) is 18.5. The molecule has 0 atom stereocenters. The Morgan fingerprint density at radius 1 is 0.500 bits per heavy atom. The normalized spacial score (nSPS) is 11.2. The summed E-state index contributed by atoms with van der Waals surface area (Å²) in [6, 6.07) is 41.0. The first-order valence-electron chi connectivity index (χ1n) is 11.4. The Bertz CT molecular complexity index is 1620. The number of hydrogen-bond donors (Lipinski definition) is 2. The Kier molecular flexibility index (Phi) is 5.03. The lowest BCUT2D eigenvalue weighted by Gasteiger charge is -2.12. The molecule has 0 fully saturated rings. The largest absolute Gasteiger partial charge is 0.489 e. The lowest BCUT2D eigenvalue weighted by atomic mass is 9.74. The average molecular weight is 439 g/mol. The molecule has 0 saturated carbocycles. The summed E-state index contributed by atoms with van der Waals surface area (Å²) in [6.07, 6.45) is 0. The Balaban J connectivity index is 1.54. The number of rotatable bonds is 4. The topological polar surface area (TPSA) is 45.4 Å². The van der Waals surface area contributed by atoms with Crippen LogP contribution in [0.25, 0.3) is 49.7 Å². The van der Waals surface area contributed by atoms with Gasteiger partial charge in [0.1, 0.15) is 0 Å². The van der Waals surface area contributed by atoms with Crippen LogP contribution in [0.3, 0.4) is 0 Å². The molecule has 0 radical (unpaired) electrons. The van der Waals surface area contributed by atoms with Gasteiger partial charge >= 0.3 is 7.12 Å². The summed E-state index contributed by atoms with van der Waals surface area (Å²) in [4.78, 5) is 0. The van der Waals surface area contributed by atoms with Crippen LogP contribution >= 0.6 is 0 Å². The van der Waals surface area contributed by atoms with E-state index in [9.17, 15) is 10.0 Å². The molecule has 0 aliphatic carbocycles. The lowest BCUT2D eigenvalue weighted by Crippen LogP contribution is -2.31. The summed E-state index contributed by atoms with van der Waals surface area (Å²) in [7, 11) is -1.56. The Hall–Kier alpha value is -4.12. The van der Waals surface area contributed by atoms with Gasteiger partial charge in [0, 0.05) is 16.5 Å². The summed E-state index contributed by atoms with van der Waals surface area (Å²) < 4.78 is 2.29. The van der Waals surface area contributed by atoms with Gasteiger partial charge in [0.25, 0.3) is 0 Å². The number of fused-ring (bicyclic) bond motifs is 3. The molecule has 0 bridgehead atoms. The molecule has 34 heavy (non-hydrogen) atoms. The molecule has 1 heterocycles. The quantitative estimate of drug-likeness (QED) is 0.341. The van der Waals surface area contributed by atoms with E-state index in [1.54, 1.807) is 0 Å². The van der Waals surface area contributed by atoms with Crippen LogP contribution in [0.4, 0.5) is 0 Å². The van der Waals surface area contributed by atoms with Crippen LogP contribution in [0.15, 0.2) is 121 Å². The van der Waals surface area contributed by atoms with E-state index in [2.05, 4.69) is 71.3 Å². The number of para-hydroxylation sites is 2. The highest BCUT2D eigenvalue weighted by Gasteiger charge is 2.19. The van der Waals surface area contributed by atoms with E-state index in [4.69, 9.17) is 0 Å². The van der Waals surface area contributed by atoms with Gasteiger partial charge in [0.15, 0.2) is 0 Å². The third-order valence-electron chi connectivity index (χ3n) is 6.43. The van der Waals surface area contributed by atoms with E-state index in [1.165, 1.54) is 5.39 Å². The minimum atomic E-state index is -1.56. The summed E-state index contributed by atoms with van der Waals surface area (Å²) in [5.41, 5.74) is 7.67. The fraction of sp³-hybridized carbons (Fsp3) is 0. The second-order valence-corrected chi connectivity index (χ2v) is 8.46. The standard InChI is InChI=1S/C30H22BNO2/c33-31(34)28-20-23(15-17-25(28)21-9-3-1-4-10-21)22-16-18-30-27(19-22)26-13-7-8-14-29(26)32(30)24-11-5-2-6-12-24/h1-20,33-34H. The van der Waals surface area contributed by atoms with Gasteiger partial charge < -0.3 is 14.6 Å². The molecule has 162 valence electrons. The first-order valence-corrected chi connectivity index (χ1v) is 11.4. The van der Waals surface area contributed by atoms with Gasteiger partial charge in [-0.15, -0.1) is 0 Å². The van der Waals surface area contributed by atoms with Crippen molar-refractivity contribution in [3.05, 3.63) is 121 Å². The molecule has 0 saturated heterocycles. The maximum absolute atomic E-state index is 10.1. The van der Waals surface area contributed by atoms with Gasteiger partial charge in [-0.25, -0.2) is 0 Å². The Morgan fingerprint density at radius 3 is 1.88 bits per heavy atom. The first kappa shape index (κ1) is 20.5. The van der Waals surface area contributed by atoms with Gasteiger partial charge in [-0.1, -0.05) is 91.0 Å². The maximum atomic E-state index is 10.1. The van der Waals surface area contributed by atoms with Gasteiger partial charge in [-0.05, 0) is 58.0 Å². The minimum Gasteiger partial charge on any atom is -0.423 e. The van der Waals surface area contributed by atoms with Crippen molar-refractivity contribution in [2.45, 2.75) is 0 Å². The molecule has 0 unspecified atom stereocenters. The SMILES string of the molecule is OB(O)c1cc(-c2ccc3c(c2)c2ccccc2n3-c2ccccc2)ccc1-c1ccccc1. The zero-order chi connectivity index (χ0) is 23.1. The van der Waals surface area contributed by atoms with E-state index < -0.39 is 7.12 Å². The van der Waals surface area contributed by atoms with Gasteiger partial charge in [-0.2, -0.15) is 0 Å².